The highest BCUT2D eigenvalue weighted by molar-refractivity contribution is 7.85. The molecule has 146 valence electrons. The first-order valence-electron chi connectivity index (χ1n) is 10.1. The van der Waals surface area contributed by atoms with Crippen LogP contribution in [0.25, 0.3) is 0 Å². The fourth-order valence-electron chi connectivity index (χ4n) is 3.19. The summed E-state index contributed by atoms with van der Waals surface area (Å²) in [7, 11) is -3.72. The van der Waals surface area contributed by atoms with Gasteiger partial charge in [0.05, 0.1) is 5.75 Å². The summed E-state index contributed by atoms with van der Waals surface area (Å²) in [5.74, 6) is -0.0842. The summed E-state index contributed by atoms with van der Waals surface area (Å²) < 4.78 is 28.9. The SMILES string of the molecule is CCC(CC)NC1CCCCC1.CCCCCCCCS(=O)(=O)O. The van der Waals surface area contributed by atoms with Crippen LogP contribution in [0.1, 0.15) is 104 Å². The van der Waals surface area contributed by atoms with Gasteiger partial charge in [-0.15, -0.1) is 0 Å². The zero-order valence-corrected chi connectivity index (χ0v) is 17.0. The third-order valence-corrected chi connectivity index (χ3v) is 5.62. The molecule has 0 atom stereocenters. The lowest BCUT2D eigenvalue weighted by Gasteiger charge is -2.27. The van der Waals surface area contributed by atoms with Gasteiger partial charge < -0.3 is 5.32 Å². The van der Waals surface area contributed by atoms with Gasteiger partial charge in [-0.3, -0.25) is 4.55 Å². The number of hydrogen-bond donors (Lipinski definition) is 2. The lowest BCUT2D eigenvalue weighted by atomic mass is 9.94. The topological polar surface area (TPSA) is 66.4 Å². The maximum absolute atomic E-state index is 10.3. The molecule has 0 amide bonds. The Morgan fingerprint density at radius 1 is 0.917 bits per heavy atom. The van der Waals surface area contributed by atoms with Crippen LogP contribution in [0, 0.1) is 0 Å². The maximum atomic E-state index is 10.3. The Hall–Kier alpha value is -0.130. The van der Waals surface area contributed by atoms with E-state index in [-0.39, 0.29) is 5.75 Å². The Kier molecular flexibility index (Phi) is 15.1. The zero-order chi connectivity index (χ0) is 18.3. The highest BCUT2D eigenvalue weighted by Gasteiger charge is 2.15. The normalized spacial score (nSPS) is 16.0. The van der Waals surface area contributed by atoms with Crippen molar-refractivity contribution in [3.63, 3.8) is 0 Å². The smallest absolute Gasteiger partial charge is 0.264 e. The molecular weight excluding hydrogens is 322 g/mol. The van der Waals surface area contributed by atoms with E-state index in [1.54, 1.807) is 0 Å². The first-order chi connectivity index (χ1) is 11.4. The van der Waals surface area contributed by atoms with E-state index < -0.39 is 10.1 Å². The van der Waals surface area contributed by atoms with Crippen molar-refractivity contribution in [2.45, 2.75) is 116 Å². The molecule has 24 heavy (non-hydrogen) atoms. The van der Waals surface area contributed by atoms with Gasteiger partial charge in [0, 0.05) is 12.1 Å². The first-order valence-corrected chi connectivity index (χ1v) is 11.7. The van der Waals surface area contributed by atoms with Crippen LogP contribution in [0.4, 0.5) is 0 Å². The predicted octanol–water partition coefficient (Wildman–Crippen LogP) is 5.33. The van der Waals surface area contributed by atoms with Crippen molar-refractivity contribution in [3.05, 3.63) is 0 Å². The molecule has 1 aliphatic carbocycles. The van der Waals surface area contributed by atoms with Gasteiger partial charge in [0.1, 0.15) is 0 Å². The average molecular weight is 364 g/mol. The largest absolute Gasteiger partial charge is 0.311 e. The van der Waals surface area contributed by atoms with Crippen molar-refractivity contribution in [3.8, 4) is 0 Å². The molecule has 1 aliphatic rings. The Labute approximate surface area is 150 Å². The van der Waals surface area contributed by atoms with E-state index in [1.807, 2.05) is 0 Å². The first kappa shape index (κ1) is 23.9. The van der Waals surface area contributed by atoms with Crippen LogP contribution in [-0.2, 0) is 10.1 Å². The van der Waals surface area contributed by atoms with Gasteiger partial charge in [0.15, 0.2) is 0 Å². The standard InChI is InChI=1S/C11H23N.C8H18O3S/c1-3-10(4-2)12-11-8-6-5-7-9-11;1-2-3-4-5-6-7-8-12(9,10)11/h10-12H,3-9H2,1-2H3;2-8H2,1H3,(H,9,10,11). The van der Waals surface area contributed by atoms with Crippen molar-refractivity contribution in [1.82, 2.24) is 5.32 Å². The van der Waals surface area contributed by atoms with Gasteiger partial charge in [0.25, 0.3) is 10.1 Å². The van der Waals surface area contributed by atoms with E-state index in [9.17, 15) is 8.42 Å². The van der Waals surface area contributed by atoms with Crippen LogP contribution in [0.2, 0.25) is 0 Å². The second-order valence-corrected chi connectivity index (χ2v) is 8.64. The molecular formula is C19H41NO3S. The zero-order valence-electron chi connectivity index (χ0n) is 16.2. The lowest BCUT2D eigenvalue weighted by molar-refractivity contribution is 0.327. The quantitative estimate of drug-likeness (QED) is 0.384. The van der Waals surface area contributed by atoms with Gasteiger partial charge in [-0.1, -0.05) is 72.1 Å². The summed E-state index contributed by atoms with van der Waals surface area (Å²) in [6, 6.07) is 1.61. The Balaban J connectivity index is 0.000000441. The van der Waals surface area contributed by atoms with Crippen molar-refractivity contribution >= 4 is 10.1 Å². The van der Waals surface area contributed by atoms with Crippen molar-refractivity contribution in [2.24, 2.45) is 0 Å². The van der Waals surface area contributed by atoms with Crippen LogP contribution in [0.5, 0.6) is 0 Å². The van der Waals surface area contributed by atoms with Gasteiger partial charge in [-0.25, -0.2) is 0 Å². The minimum Gasteiger partial charge on any atom is -0.311 e. The molecule has 0 aromatic heterocycles. The van der Waals surface area contributed by atoms with Gasteiger partial charge in [-0.2, -0.15) is 8.42 Å². The van der Waals surface area contributed by atoms with Crippen molar-refractivity contribution < 1.29 is 13.0 Å². The minimum absolute atomic E-state index is 0.0842. The summed E-state index contributed by atoms with van der Waals surface area (Å²) >= 11 is 0. The Morgan fingerprint density at radius 3 is 1.96 bits per heavy atom. The monoisotopic (exact) mass is 363 g/mol. The van der Waals surface area contributed by atoms with E-state index >= 15 is 0 Å². The van der Waals surface area contributed by atoms with Gasteiger partial charge in [-0.05, 0) is 32.1 Å². The predicted molar refractivity (Wildman–Crippen MR) is 104 cm³/mol. The summed E-state index contributed by atoms with van der Waals surface area (Å²) in [5.41, 5.74) is 0. The van der Waals surface area contributed by atoms with Crippen molar-refractivity contribution in [1.29, 1.82) is 0 Å². The molecule has 0 aromatic rings. The number of nitrogens with one attached hydrogen (secondary N) is 1. The third-order valence-electron chi connectivity index (χ3n) is 4.82. The lowest BCUT2D eigenvalue weighted by Crippen LogP contribution is -2.38. The van der Waals surface area contributed by atoms with Crippen molar-refractivity contribution in [2.75, 3.05) is 5.75 Å². The van der Waals surface area contributed by atoms with Crippen LogP contribution in [0.15, 0.2) is 0 Å². The van der Waals surface area contributed by atoms with E-state index in [1.165, 1.54) is 64.2 Å². The Morgan fingerprint density at radius 2 is 1.46 bits per heavy atom. The molecule has 1 saturated carbocycles. The van der Waals surface area contributed by atoms with Crippen LogP contribution in [-0.4, -0.2) is 30.8 Å². The van der Waals surface area contributed by atoms with Gasteiger partial charge in [0.2, 0.25) is 0 Å². The molecule has 5 heteroatoms. The number of hydrogen-bond acceptors (Lipinski definition) is 3. The summed E-state index contributed by atoms with van der Waals surface area (Å²) in [5, 5.41) is 3.76. The third kappa shape index (κ3) is 15.4. The molecule has 4 nitrogen and oxygen atoms in total. The van der Waals surface area contributed by atoms with Crippen LogP contribution in [0.3, 0.4) is 0 Å². The molecule has 1 rings (SSSR count). The van der Waals surface area contributed by atoms with Gasteiger partial charge >= 0.3 is 0 Å². The molecule has 0 heterocycles. The fourth-order valence-corrected chi connectivity index (χ4v) is 3.76. The summed E-state index contributed by atoms with van der Waals surface area (Å²) in [6.45, 7) is 6.70. The molecule has 2 N–H and O–H groups in total. The molecule has 0 spiro atoms. The maximum Gasteiger partial charge on any atom is 0.264 e. The number of unbranched alkanes of at least 4 members (excludes halogenated alkanes) is 5. The molecule has 0 bridgehead atoms. The van der Waals surface area contributed by atoms with E-state index in [2.05, 4.69) is 26.1 Å². The summed E-state index contributed by atoms with van der Waals surface area (Å²) in [4.78, 5) is 0. The molecule has 0 radical (unpaired) electrons. The minimum atomic E-state index is -3.72. The molecule has 0 saturated heterocycles. The highest BCUT2D eigenvalue weighted by Crippen LogP contribution is 2.18. The van der Waals surface area contributed by atoms with Crippen LogP contribution < -0.4 is 5.32 Å². The average Bonchev–Trinajstić information content (AvgIpc) is 2.56. The number of rotatable bonds is 11. The fraction of sp³-hybridized carbons (Fsp3) is 1.00. The van der Waals surface area contributed by atoms with E-state index in [4.69, 9.17) is 4.55 Å². The van der Waals surface area contributed by atoms with E-state index in [0.717, 1.165) is 24.9 Å². The molecule has 0 aromatic carbocycles. The second kappa shape index (κ2) is 15.2. The highest BCUT2D eigenvalue weighted by atomic mass is 32.2. The Bertz CT molecular complexity index is 361. The van der Waals surface area contributed by atoms with E-state index in [0.29, 0.717) is 6.42 Å². The van der Waals surface area contributed by atoms with Crippen LogP contribution >= 0.6 is 0 Å². The second-order valence-electron chi connectivity index (χ2n) is 7.07. The molecule has 0 aliphatic heterocycles. The molecule has 1 fully saturated rings. The summed E-state index contributed by atoms with van der Waals surface area (Å²) in [6.07, 6.45) is 15.9. The molecule has 0 unspecified atom stereocenters.